The molecule has 0 bridgehead atoms. The molecule has 0 atom stereocenters. The second kappa shape index (κ2) is 3.96. The van der Waals surface area contributed by atoms with Gasteiger partial charge in [0.1, 0.15) is 11.6 Å². The van der Waals surface area contributed by atoms with Gasteiger partial charge in [-0.1, -0.05) is 13.8 Å². The Labute approximate surface area is 93.1 Å². The van der Waals surface area contributed by atoms with Crippen molar-refractivity contribution in [3.8, 4) is 11.5 Å². The van der Waals surface area contributed by atoms with E-state index in [0.29, 0.717) is 17.1 Å². The van der Waals surface area contributed by atoms with Crippen molar-refractivity contribution < 1.29 is 8.81 Å². The largest absolute Gasteiger partial charge is 0.441 e. The summed E-state index contributed by atoms with van der Waals surface area (Å²) in [6.07, 6.45) is 1.62. The van der Waals surface area contributed by atoms with Gasteiger partial charge in [0.2, 0.25) is 5.89 Å². The summed E-state index contributed by atoms with van der Waals surface area (Å²) < 4.78 is 19.0. The van der Waals surface area contributed by atoms with Crippen LogP contribution in [0.25, 0.3) is 11.5 Å². The summed E-state index contributed by atoms with van der Waals surface area (Å²) in [4.78, 5) is 4.05. The van der Waals surface area contributed by atoms with Gasteiger partial charge in [-0.15, -0.1) is 0 Å². The molecule has 1 heterocycles. The lowest BCUT2D eigenvalue weighted by Crippen LogP contribution is -1.89. The maximum absolute atomic E-state index is 13.6. The molecule has 0 unspecified atom stereocenters. The molecule has 0 saturated heterocycles. The van der Waals surface area contributed by atoms with E-state index >= 15 is 0 Å². The van der Waals surface area contributed by atoms with E-state index < -0.39 is 5.82 Å². The molecule has 0 aliphatic heterocycles. The summed E-state index contributed by atoms with van der Waals surface area (Å²) >= 11 is 0. The Balaban J connectivity index is 2.42. The Morgan fingerprint density at radius 1 is 1.38 bits per heavy atom. The third-order valence-corrected chi connectivity index (χ3v) is 2.32. The number of anilines is 1. The van der Waals surface area contributed by atoms with Crippen LogP contribution in [0, 0.1) is 5.82 Å². The fourth-order valence-corrected chi connectivity index (χ4v) is 1.38. The van der Waals surface area contributed by atoms with Crippen molar-refractivity contribution in [2.24, 2.45) is 0 Å². The predicted molar refractivity (Wildman–Crippen MR) is 60.4 cm³/mol. The Kier molecular flexibility index (Phi) is 2.64. The topological polar surface area (TPSA) is 52.0 Å². The number of hydrogen-bond donors (Lipinski definition) is 1. The molecule has 0 amide bonds. The first-order valence-electron chi connectivity index (χ1n) is 5.09. The maximum Gasteiger partial charge on any atom is 0.229 e. The van der Waals surface area contributed by atoms with Gasteiger partial charge >= 0.3 is 0 Å². The molecular weight excluding hydrogens is 207 g/mol. The molecule has 0 saturated carbocycles. The average molecular weight is 220 g/mol. The van der Waals surface area contributed by atoms with E-state index in [4.69, 9.17) is 10.2 Å². The van der Waals surface area contributed by atoms with Crippen molar-refractivity contribution in [1.29, 1.82) is 0 Å². The molecule has 1 aromatic heterocycles. The first-order chi connectivity index (χ1) is 7.58. The van der Waals surface area contributed by atoms with Crippen molar-refractivity contribution in [3.05, 3.63) is 36.0 Å². The van der Waals surface area contributed by atoms with Crippen molar-refractivity contribution >= 4 is 5.69 Å². The van der Waals surface area contributed by atoms with E-state index in [2.05, 4.69) is 4.98 Å². The number of aromatic nitrogens is 1. The molecule has 0 aliphatic rings. The molecule has 2 rings (SSSR count). The van der Waals surface area contributed by atoms with Crippen LogP contribution < -0.4 is 5.73 Å². The average Bonchev–Trinajstić information content (AvgIpc) is 2.66. The third-order valence-electron chi connectivity index (χ3n) is 2.32. The van der Waals surface area contributed by atoms with E-state index in [-0.39, 0.29) is 5.92 Å². The summed E-state index contributed by atoms with van der Waals surface area (Å²) in [6, 6.07) is 4.45. The summed E-state index contributed by atoms with van der Waals surface area (Å²) in [6.45, 7) is 3.98. The molecule has 0 fully saturated rings. The van der Waals surface area contributed by atoms with Crippen LogP contribution in [0.1, 0.15) is 25.5 Å². The number of nitrogens with zero attached hydrogens (tertiary/aromatic N) is 1. The fraction of sp³-hybridized carbons (Fsp3) is 0.250. The number of rotatable bonds is 2. The summed E-state index contributed by atoms with van der Waals surface area (Å²) in [5.74, 6) is 0.850. The molecule has 1 aromatic carbocycles. The number of hydrogen-bond acceptors (Lipinski definition) is 3. The number of nitrogen functional groups attached to an aromatic ring is 1. The van der Waals surface area contributed by atoms with Gasteiger partial charge in [0.25, 0.3) is 0 Å². The van der Waals surface area contributed by atoms with Crippen LogP contribution >= 0.6 is 0 Å². The second-order valence-corrected chi connectivity index (χ2v) is 3.96. The molecule has 4 heteroatoms. The standard InChI is InChI=1S/C12H13FN2O/c1-7(2)11-6-15-12(16-11)9-4-3-8(14)5-10(9)13/h3-7H,14H2,1-2H3. The highest BCUT2D eigenvalue weighted by atomic mass is 19.1. The van der Waals surface area contributed by atoms with Gasteiger partial charge in [-0.25, -0.2) is 9.37 Å². The van der Waals surface area contributed by atoms with E-state index in [1.165, 1.54) is 6.07 Å². The van der Waals surface area contributed by atoms with Crippen LogP contribution in [0.2, 0.25) is 0 Å². The van der Waals surface area contributed by atoms with Crippen molar-refractivity contribution in [2.45, 2.75) is 19.8 Å². The van der Waals surface area contributed by atoms with Gasteiger partial charge in [-0.2, -0.15) is 0 Å². The highest BCUT2D eigenvalue weighted by Gasteiger charge is 2.13. The minimum absolute atomic E-state index is 0.234. The lowest BCUT2D eigenvalue weighted by atomic mass is 10.2. The van der Waals surface area contributed by atoms with Crippen molar-refractivity contribution in [2.75, 3.05) is 5.73 Å². The van der Waals surface area contributed by atoms with Crippen LogP contribution in [0.5, 0.6) is 0 Å². The summed E-state index contributed by atoms with van der Waals surface area (Å²) in [7, 11) is 0. The van der Waals surface area contributed by atoms with Gasteiger partial charge in [-0.3, -0.25) is 0 Å². The van der Waals surface area contributed by atoms with Crippen LogP contribution in [-0.4, -0.2) is 4.98 Å². The zero-order chi connectivity index (χ0) is 11.7. The zero-order valence-electron chi connectivity index (χ0n) is 9.20. The van der Waals surface area contributed by atoms with Gasteiger partial charge in [0, 0.05) is 11.6 Å². The fourth-order valence-electron chi connectivity index (χ4n) is 1.38. The number of benzene rings is 1. The van der Waals surface area contributed by atoms with E-state index in [1.807, 2.05) is 13.8 Å². The minimum atomic E-state index is -0.419. The molecule has 3 nitrogen and oxygen atoms in total. The Morgan fingerprint density at radius 3 is 2.69 bits per heavy atom. The van der Waals surface area contributed by atoms with Gasteiger partial charge < -0.3 is 10.2 Å². The van der Waals surface area contributed by atoms with Gasteiger partial charge in [0.05, 0.1) is 11.8 Å². The molecule has 2 N–H and O–H groups in total. The normalized spacial score (nSPS) is 11.0. The van der Waals surface area contributed by atoms with Crippen LogP contribution in [-0.2, 0) is 0 Å². The molecule has 2 aromatic rings. The lowest BCUT2D eigenvalue weighted by Gasteiger charge is -2.00. The molecule has 0 aliphatic carbocycles. The molecule has 0 spiro atoms. The smallest absolute Gasteiger partial charge is 0.229 e. The van der Waals surface area contributed by atoms with E-state index in [9.17, 15) is 4.39 Å². The molecule has 84 valence electrons. The lowest BCUT2D eigenvalue weighted by molar-refractivity contribution is 0.491. The predicted octanol–water partition coefficient (Wildman–Crippen LogP) is 3.19. The monoisotopic (exact) mass is 220 g/mol. The Morgan fingerprint density at radius 2 is 2.12 bits per heavy atom. The zero-order valence-corrected chi connectivity index (χ0v) is 9.20. The highest BCUT2D eigenvalue weighted by Crippen LogP contribution is 2.26. The SMILES string of the molecule is CC(C)c1cnc(-c2ccc(N)cc2F)o1. The first-order valence-corrected chi connectivity index (χ1v) is 5.09. The second-order valence-electron chi connectivity index (χ2n) is 3.96. The molecule has 16 heavy (non-hydrogen) atoms. The van der Waals surface area contributed by atoms with Gasteiger partial charge in [0.15, 0.2) is 0 Å². The Hall–Kier alpha value is -1.84. The van der Waals surface area contributed by atoms with Crippen molar-refractivity contribution in [1.82, 2.24) is 4.98 Å². The van der Waals surface area contributed by atoms with Gasteiger partial charge in [-0.05, 0) is 18.2 Å². The number of nitrogens with two attached hydrogens (primary N) is 1. The van der Waals surface area contributed by atoms with E-state index in [0.717, 1.165) is 5.76 Å². The maximum atomic E-state index is 13.6. The summed E-state index contributed by atoms with van der Waals surface area (Å²) in [5, 5.41) is 0. The Bertz CT molecular complexity index is 505. The first kappa shape index (κ1) is 10.7. The summed E-state index contributed by atoms with van der Waals surface area (Å²) in [5.41, 5.74) is 6.19. The highest BCUT2D eigenvalue weighted by molar-refractivity contribution is 5.58. The van der Waals surface area contributed by atoms with Crippen LogP contribution in [0.3, 0.4) is 0 Å². The third kappa shape index (κ3) is 1.91. The van der Waals surface area contributed by atoms with Crippen molar-refractivity contribution in [3.63, 3.8) is 0 Å². The van der Waals surface area contributed by atoms with Crippen LogP contribution in [0.4, 0.5) is 10.1 Å². The number of halogens is 1. The van der Waals surface area contributed by atoms with Crippen LogP contribution in [0.15, 0.2) is 28.8 Å². The number of oxazole rings is 1. The minimum Gasteiger partial charge on any atom is -0.441 e. The van der Waals surface area contributed by atoms with E-state index in [1.54, 1.807) is 18.3 Å². The molecule has 0 radical (unpaired) electrons. The quantitative estimate of drug-likeness (QED) is 0.791. The molecular formula is C12H13FN2O.